The highest BCUT2D eigenvalue weighted by molar-refractivity contribution is 6.30. The molecule has 0 saturated heterocycles. The summed E-state index contributed by atoms with van der Waals surface area (Å²) in [5, 5.41) is 4.45. The topological polar surface area (TPSA) is 12.0 Å². The fourth-order valence-electron chi connectivity index (χ4n) is 3.39. The molecule has 0 spiro atoms. The van der Waals surface area contributed by atoms with E-state index in [4.69, 9.17) is 11.6 Å². The van der Waals surface area contributed by atoms with E-state index in [0.29, 0.717) is 0 Å². The fraction of sp³-hybridized carbons (Fsp3) is 0.667. The van der Waals surface area contributed by atoms with Crippen LogP contribution >= 0.6 is 11.6 Å². The molecule has 1 nitrogen and oxygen atoms in total. The molecule has 2 rings (SSSR count). The van der Waals surface area contributed by atoms with Gasteiger partial charge in [-0.2, -0.15) is 0 Å². The van der Waals surface area contributed by atoms with E-state index in [1.54, 1.807) is 0 Å². The third-order valence-electron chi connectivity index (χ3n) is 4.44. The zero-order valence-corrected chi connectivity index (χ0v) is 13.5. The highest BCUT2D eigenvalue weighted by atomic mass is 35.5. The van der Waals surface area contributed by atoms with Crippen molar-refractivity contribution >= 4 is 11.6 Å². The lowest BCUT2D eigenvalue weighted by Crippen LogP contribution is -2.26. The SMILES string of the molecule is CCCNCC(Cc1ccc(Cl)cc1)CC1CCCC1. The van der Waals surface area contributed by atoms with Crippen LogP contribution in [-0.4, -0.2) is 13.1 Å². The van der Waals surface area contributed by atoms with E-state index in [0.717, 1.165) is 29.9 Å². The lowest BCUT2D eigenvalue weighted by Gasteiger charge is -2.21. The first-order valence-electron chi connectivity index (χ1n) is 8.23. The zero-order chi connectivity index (χ0) is 14.2. The van der Waals surface area contributed by atoms with Gasteiger partial charge in [-0.25, -0.2) is 0 Å². The Hall–Kier alpha value is -0.530. The third kappa shape index (κ3) is 5.46. The zero-order valence-electron chi connectivity index (χ0n) is 12.7. The Labute approximate surface area is 129 Å². The molecule has 0 aromatic heterocycles. The minimum absolute atomic E-state index is 0.769. The quantitative estimate of drug-likeness (QED) is 0.659. The molecule has 0 radical (unpaired) electrons. The van der Waals surface area contributed by atoms with Crippen LogP contribution in [0.15, 0.2) is 24.3 Å². The second-order valence-electron chi connectivity index (χ2n) is 6.29. The molecular formula is C18H28ClN. The number of hydrogen-bond acceptors (Lipinski definition) is 1. The minimum Gasteiger partial charge on any atom is -0.316 e. The van der Waals surface area contributed by atoms with Gasteiger partial charge in [0.2, 0.25) is 0 Å². The van der Waals surface area contributed by atoms with E-state index in [1.165, 1.54) is 50.5 Å². The van der Waals surface area contributed by atoms with Gasteiger partial charge in [0, 0.05) is 5.02 Å². The number of hydrogen-bond donors (Lipinski definition) is 1. The second-order valence-corrected chi connectivity index (χ2v) is 6.72. The van der Waals surface area contributed by atoms with Crippen molar-refractivity contribution in [1.29, 1.82) is 0 Å². The molecule has 1 N–H and O–H groups in total. The summed E-state index contributed by atoms with van der Waals surface area (Å²) in [6.07, 6.45) is 9.58. The summed E-state index contributed by atoms with van der Waals surface area (Å²) in [5.41, 5.74) is 1.43. The van der Waals surface area contributed by atoms with Gasteiger partial charge in [0.1, 0.15) is 0 Å². The molecule has 1 aromatic carbocycles. The summed E-state index contributed by atoms with van der Waals surface area (Å²) in [6.45, 7) is 4.53. The van der Waals surface area contributed by atoms with Gasteiger partial charge >= 0.3 is 0 Å². The molecule has 0 bridgehead atoms. The smallest absolute Gasteiger partial charge is 0.0406 e. The van der Waals surface area contributed by atoms with Crippen molar-refractivity contribution in [2.24, 2.45) is 11.8 Å². The van der Waals surface area contributed by atoms with Crippen molar-refractivity contribution in [3.63, 3.8) is 0 Å². The summed E-state index contributed by atoms with van der Waals surface area (Å²) in [5.74, 6) is 1.74. The monoisotopic (exact) mass is 293 g/mol. The molecule has 0 amide bonds. The van der Waals surface area contributed by atoms with Crippen LogP contribution in [0.5, 0.6) is 0 Å². The van der Waals surface area contributed by atoms with Gasteiger partial charge in [-0.15, -0.1) is 0 Å². The van der Waals surface area contributed by atoms with Gasteiger partial charge in [-0.3, -0.25) is 0 Å². The molecule has 0 heterocycles. The van der Waals surface area contributed by atoms with Gasteiger partial charge in [0.05, 0.1) is 0 Å². The summed E-state index contributed by atoms with van der Waals surface area (Å²) in [4.78, 5) is 0. The Balaban J connectivity index is 1.88. The minimum atomic E-state index is 0.769. The molecule has 1 aliphatic carbocycles. The molecule has 0 aliphatic heterocycles. The third-order valence-corrected chi connectivity index (χ3v) is 4.69. The Morgan fingerprint density at radius 3 is 2.55 bits per heavy atom. The number of halogens is 1. The van der Waals surface area contributed by atoms with Crippen LogP contribution in [0.25, 0.3) is 0 Å². The lowest BCUT2D eigenvalue weighted by atomic mass is 9.88. The van der Waals surface area contributed by atoms with E-state index in [9.17, 15) is 0 Å². The van der Waals surface area contributed by atoms with E-state index in [-0.39, 0.29) is 0 Å². The Kier molecular flexibility index (Phi) is 6.89. The average Bonchev–Trinajstić information content (AvgIpc) is 2.94. The Morgan fingerprint density at radius 1 is 1.20 bits per heavy atom. The molecule has 1 saturated carbocycles. The number of benzene rings is 1. The van der Waals surface area contributed by atoms with Crippen molar-refractivity contribution in [1.82, 2.24) is 5.32 Å². The van der Waals surface area contributed by atoms with Crippen LogP contribution in [0.4, 0.5) is 0 Å². The Morgan fingerprint density at radius 2 is 1.90 bits per heavy atom. The van der Waals surface area contributed by atoms with Crippen LogP contribution in [-0.2, 0) is 6.42 Å². The summed E-state index contributed by atoms with van der Waals surface area (Å²) < 4.78 is 0. The lowest BCUT2D eigenvalue weighted by molar-refractivity contribution is 0.357. The maximum atomic E-state index is 5.98. The van der Waals surface area contributed by atoms with E-state index >= 15 is 0 Å². The molecule has 1 unspecified atom stereocenters. The average molecular weight is 294 g/mol. The van der Waals surface area contributed by atoms with Crippen LogP contribution in [0.1, 0.15) is 51.0 Å². The molecule has 1 atom stereocenters. The first kappa shape index (κ1) is 15.9. The summed E-state index contributed by atoms with van der Waals surface area (Å²) >= 11 is 5.98. The standard InChI is InChI=1S/C18H28ClN/c1-2-11-20-14-17(12-15-5-3-4-6-15)13-16-7-9-18(19)10-8-16/h7-10,15,17,20H,2-6,11-14H2,1H3. The van der Waals surface area contributed by atoms with Crippen LogP contribution in [0.2, 0.25) is 5.02 Å². The van der Waals surface area contributed by atoms with E-state index in [2.05, 4.69) is 24.4 Å². The summed E-state index contributed by atoms with van der Waals surface area (Å²) in [7, 11) is 0. The highest BCUT2D eigenvalue weighted by Gasteiger charge is 2.20. The Bertz CT molecular complexity index is 368. The number of nitrogens with one attached hydrogen (secondary N) is 1. The molecule has 2 heteroatoms. The van der Waals surface area contributed by atoms with Gasteiger partial charge in [-0.1, -0.05) is 56.3 Å². The van der Waals surface area contributed by atoms with Gasteiger partial charge in [0.15, 0.2) is 0 Å². The maximum absolute atomic E-state index is 5.98. The van der Waals surface area contributed by atoms with Crippen molar-refractivity contribution in [3.8, 4) is 0 Å². The molecule has 1 fully saturated rings. The van der Waals surface area contributed by atoms with Gasteiger partial charge < -0.3 is 5.32 Å². The summed E-state index contributed by atoms with van der Waals surface area (Å²) in [6, 6.07) is 8.40. The predicted molar refractivity (Wildman–Crippen MR) is 88.4 cm³/mol. The fourth-order valence-corrected chi connectivity index (χ4v) is 3.52. The van der Waals surface area contributed by atoms with Crippen LogP contribution in [0.3, 0.4) is 0 Å². The van der Waals surface area contributed by atoms with Crippen LogP contribution < -0.4 is 5.32 Å². The van der Waals surface area contributed by atoms with Crippen molar-refractivity contribution in [3.05, 3.63) is 34.9 Å². The molecule has 1 aromatic rings. The largest absolute Gasteiger partial charge is 0.316 e. The van der Waals surface area contributed by atoms with Crippen molar-refractivity contribution in [2.75, 3.05) is 13.1 Å². The van der Waals surface area contributed by atoms with Crippen molar-refractivity contribution < 1.29 is 0 Å². The van der Waals surface area contributed by atoms with Gasteiger partial charge in [0.25, 0.3) is 0 Å². The highest BCUT2D eigenvalue weighted by Crippen LogP contribution is 2.31. The first-order chi connectivity index (χ1) is 9.78. The normalized spacial score (nSPS) is 17.5. The molecular weight excluding hydrogens is 266 g/mol. The molecule has 112 valence electrons. The maximum Gasteiger partial charge on any atom is 0.0406 e. The predicted octanol–water partition coefficient (Wildman–Crippen LogP) is 5.08. The van der Waals surface area contributed by atoms with Crippen molar-refractivity contribution in [2.45, 2.75) is 51.9 Å². The van der Waals surface area contributed by atoms with Crippen LogP contribution in [0, 0.1) is 11.8 Å². The molecule has 1 aliphatic rings. The first-order valence-corrected chi connectivity index (χ1v) is 8.61. The van der Waals surface area contributed by atoms with E-state index in [1.807, 2.05) is 12.1 Å². The second kappa shape index (κ2) is 8.69. The number of rotatable bonds is 8. The molecule has 20 heavy (non-hydrogen) atoms. The van der Waals surface area contributed by atoms with E-state index < -0.39 is 0 Å². The van der Waals surface area contributed by atoms with Gasteiger partial charge in [-0.05, 0) is 61.9 Å².